The topological polar surface area (TPSA) is 85.4 Å². The molecule has 1 N–H and O–H groups in total. The molecule has 6 nitrogen and oxygen atoms in total. The van der Waals surface area contributed by atoms with E-state index in [2.05, 4.69) is 13.8 Å². The Kier molecular flexibility index (Phi) is 4.86. The summed E-state index contributed by atoms with van der Waals surface area (Å²) in [4.78, 5) is 23.6. The molecule has 0 amide bonds. The number of carbonyl (C=O) groups excluding carboxylic acids is 2. The highest BCUT2D eigenvalue weighted by Crippen LogP contribution is 2.68. The lowest BCUT2D eigenvalue weighted by Gasteiger charge is -2.62. The molecule has 0 aromatic carbocycles. The molecule has 2 heterocycles. The van der Waals surface area contributed by atoms with Crippen LogP contribution in [-0.4, -0.2) is 48.6 Å². The molecule has 6 atom stereocenters. The number of carbonyl (C=O) groups is 2. The molecule has 0 bridgehead atoms. The van der Waals surface area contributed by atoms with E-state index >= 15 is 0 Å². The molecule has 156 valence electrons. The number of aliphatic hydroxyl groups excluding tert-OH is 1. The summed E-state index contributed by atoms with van der Waals surface area (Å²) in [7, 11) is 0. The quantitative estimate of drug-likeness (QED) is 0.572. The molecule has 0 aromatic heterocycles. The van der Waals surface area contributed by atoms with Crippen LogP contribution in [0.3, 0.4) is 0 Å². The maximum absolute atomic E-state index is 11.9. The number of epoxide rings is 1. The number of cyclic esters (lactones) is 1. The Labute approximate surface area is 166 Å². The molecule has 0 aromatic rings. The summed E-state index contributed by atoms with van der Waals surface area (Å²) in [6.45, 7) is 7.12. The fourth-order valence-electron chi connectivity index (χ4n) is 6.48. The summed E-state index contributed by atoms with van der Waals surface area (Å²) in [6, 6.07) is 0. The third-order valence-electron chi connectivity index (χ3n) is 8.38. The van der Waals surface area contributed by atoms with Gasteiger partial charge in [0.05, 0.1) is 18.1 Å². The van der Waals surface area contributed by atoms with Crippen LogP contribution in [0.25, 0.3) is 0 Å². The Balaban J connectivity index is 1.67. The Morgan fingerprint density at radius 1 is 1.43 bits per heavy atom. The normalized spacial score (nSPS) is 44.6. The first-order chi connectivity index (χ1) is 13.3. The molecule has 4 aliphatic rings. The van der Waals surface area contributed by atoms with Crippen LogP contribution >= 0.6 is 0 Å². The average Bonchev–Trinajstić information content (AvgIpc) is 3.30. The van der Waals surface area contributed by atoms with Gasteiger partial charge in [0, 0.05) is 12.5 Å². The van der Waals surface area contributed by atoms with Gasteiger partial charge < -0.3 is 19.3 Å². The Hall–Kier alpha value is -1.40. The zero-order valence-electron chi connectivity index (χ0n) is 17.2. The second-order valence-electron chi connectivity index (χ2n) is 9.53. The molecule has 3 fully saturated rings. The van der Waals surface area contributed by atoms with E-state index in [-0.39, 0.29) is 35.5 Å². The molecule has 28 heavy (non-hydrogen) atoms. The zero-order valence-corrected chi connectivity index (χ0v) is 17.2. The van der Waals surface area contributed by atoms with Crippen LogP contribution in [-0.2, 0) is 23.8 Å². The maximum atomic E-state index is 11.9. The smallest absolute Gasteiger partial charge is 0.334 e. The van der Waals surface area contributed by atoms with Crippen molar-refractivity contribution in [3.8, 4) is 0 Å². The Morgan fingerprint density at radius 3 is 2.79 bits per heavy atom. The van der Waals surface area contributed by atoms with E-state index in [9.17, 15) is 14.7 Å². The highest BCUT2D eigenvalue weighted by molar-refractivity contribution is 5.90. The molecule has 2 saturated carbocycles. The summed E-state index contributed by atoms with van der Waals surface area (Å²) < 4.78 is 16.6. The predicted octanol–water partition coefficient (Wildman–Crippen LogP) is 2.78. The van der Waals surface area contributed by atoms with E-state index in [1.165, 1.54) is 6.92 Å². The predicted molar refractivity (Wildman–Crippen MR) is 101 cm³/mol. The lowest BCUT2D eigenvalue weighted by atomic mass is 9.43. The van der Waals surface area contributed by atoms with Gasteiger partial charge in [-0.3, -0.25) is 4.79 Å². The van der Waals surface area contributed by atoms with Crippen LogP contribution in [0.15, 0.2) is 11.6 Å². The molecule has 4 rings (SSSR count). The van der Waals surface area contributed by atoms with Gasteiger partial charge in [0.15, 0.2) is 0 Å². The molecule has 1 spiro atoms. The number of ether oxygens (including phenoxy) is 3. The van der Waals surface area contributed by atoms with Gasteiger partial charge in [-0.2, -0.15) is 0 Å². The van der Waals surface area contributed by atoms with Crippen molar-refractivity contribution in [2.45, 2.75) is 71.0 Å². The van der Waals surface area contributed by atoms with Gasteiger partial charge in [-0.05, 0) is 55.4 Å². The second-order valence-corrected chi connectivity index (χ2v) is 9.53. The molecule has 2 aliphatic carbocycles. The number of hydrogen-bond acceptors (Lipinski definition) is 6. The molecule has 0 unspecified atom stereocenters. The highest BCUT2D eigenvalue weighted by atomic mass is 16.6. The molecule has 1 saturated heterocycles. The van der Waals surface area contributed by atoms with Crippen molar-refractivity contribution in [3.63, 3.8) is 0 Å². The van der Waals surface area contributed by atoms with Gasteiger partial charge in [-0.25, -0.2) is 4.79 Å². The van der Waals surface area contributed by atoms with Gasteiger partial charge in [-0.15, -0.1) is 0 Å². The van der Waals surface area contributed by atoms with Crippen molar-refractivity contribution in [2.75, 3.05) is 19.8 Å². The molecular weight excluding hydrogens is 360 g/mol. The molecule has 0 radical (unpaired) electrons. The minimum atomic E-state index is -0.567. The Bertz CT molecular complexity index is 695. The summed E-state index contributed by atoms with van der Waals surface area (Å²) in [6.07, 6.45) is 6.45. The summed E-state index contributed by atoms with van der Waals surface area (Å²) in [5.41, 5.74) is -0.263. The summed E-state index contributed by atoms with van der Waals surface area (Å²) >= 11 is 0. The van der Waals surface area contributed by atoms with Crippen LogP contribution in [0.4, 0.5) is 0 Å². The first-order valence-electron chi connectivity index (χ1n) is 10.6. The van der Waals surface area contributed by atoms with Crippen LogP contribution < -0.4 is 0 Å². The Morgan fingerprint density at radius 2 is 2.18 bits per heavy atom. The first kappa shape index (κ1) is 19.9. The minimum absolute atomic E-state index is 0.0809. The summed E-state index contributed by atoms with van der Waals surface area (Å²) in [5.74, 6) is -0.0537. The van der Waals surface area contributed by atoms with E-state index in [0.29, 0.717) is 32.0 Å². The highest BCUT2D eigenvalue weighted by Gasteiger charge is 2.73. The van der Waals surface area contributed by atoms with E-state index in [1.54, 1.807) is 0 Å². The SMILES string of the molecule is CC(=O)OC[C@@]12[C@H](CCC[C@]13CO3)[C@@](C)(CCC1=CCOC1=O)[C@H](C)C[C@@H]2O. The standard InChI is InChI=1S/C22H32O6/c1-14-11-18(24)22(13-27-15(2)23)17(5-4-8-21(22)12-28-21)20(14,3)9-6-16-7-10-26-19(16)25/h7,14,17-18,24H,4-6,8-13H2,1-3H3/t14-,17-,18+,20+,21+,22+/m1/s1. The summed E-state index contributed by atoms with van der Waals surface area (Å²) in [5, 5.41) is 11.3. The van der Waals surface area contributed by atoms with Crippen molar-refractivity contribution in [1.29, 1.82) is 0 Å². The third-order valence-corrected chi connectivity index (χ3v) is 8.38. The van der Waals surface area contributed by atoms with Crippen LogP contribution in [0.1, 0.15) is 59.3 Å². The fraction of sp³-hybridized carbons (Fsp3) is 0.818. The average molecular weight is 392 g/mol. The van der Waals surface area contributed by atoms with Crippen LogP contribution in [0.2, 0.25) is 0 Å². The third kappa shape index (κ3) is 2.83. The lowest BCUT2D eigenvalue weighted by molar-refractivity contribution is -0.218. The number of rotatable bonds is 5. The van der Waals surface area contributed by atoms with Crippen molar-refractivity contribution >= 4 is 11.9 Å². The van der Waals surface area contributed by atoms with E-state index in [1.807, 2.05) is 6.08 Å². The second kappa shape index (κ2) is 6.84. The molecule has 6 heteroatoms. The van der Waals surface area contributed by atoms with Gasteiger partial charge in [0.1, 0.15) is 18.8 Å². The largest absolute Gasteiger partial charge is 0.465 e. The van der Waals surface area contributed by atoms with E-state index in [4.69, 9.17) is 14.2 Å². The van der Waals surface area contributed by atoms with Crippen LogP contribution in [0, 0.1) is 22.7 Å². The molecule has 2 aliphatic heterocycles. The van der Waals surface area contributed by atoms with E-state index < -0.39 is 11.5 Å². The maximum Gasteiger partial charge on any atom is 0.334 e. The van der Waals surface area contributed by atoms with Crippen molar-refractivity contribution in [2.24, 2.45) is 22.7 Å². The fourth-order valence-corrected chi connectivity index (χ4v) is 6.48. The van der Waals surface area contributed by atoms with Crippen molar-refractivity contribution < 1.29 is 28.9 Å². The van der Waals surface area contributed by atoms with Crippen molar-refractivity contribution in [1.82, 2.24) is 0 Å². The number of aliphatic hydroxyl groups is 1. The van der Waals surface area contributed by atoms with Gasteiger partial charge >= 0.3 is 11.9 Å². The number of esters is 2. The van der Waals surface area contributed by atoms with Gasteiger partial charge in [0.25, 0.3) is 0 Å². The van der Waals surface area contributed by atoms with E-state index in [0.717, 1.165) is 31.3 Å². The minimum Gasteiger partial charge on any atom is -0.465 e. The van der Waals surface area contributed by atoms with Gasteiger partial charge in [0.2, 0.25) is 0 Å². The van der Waals surface area contributed by atoms with Crippen LogP contribution in [0.5, 0.6) is 0 Å². The lowest BCUT2D eigenvalue weighted by Crippen LogP contribution is -2.66. The number of hydrogen-bond donors (Lipinski definition) is 1. The molecular formula is C22H32O6. The first-order valence-corrected chi connectivity index (χ1v) is 10.6. The monoisotopic (exact) mass is 392 g/mol. The van der Waals surface area contributed by atoms with Crippen molar-refractivity contribution in [3.05, 3.63) is 11.6 Å². The number of fused-ring (bicyclic) bond motifs is 2. The van der Waals surface area contributed by atoms with Gasteiger partial charge in [-0.1, -0.05) is 20.3 Å². The zero-order chi connectivity index (χ0) is 20.2.